The summed E-state index contributed by atoms with van der Waals surface area (Å²) in [6.45, 7) is 3.71. The predicted octanol–water partition coefficient (Wildman–Crippen LogP) is 1.86. The third-order valence-corrected chi connectivity index (χ3v) is 2.44. The quantitative estimate of drug-likeness (QED) is 0.808. The Kier molecular flexibility index (Phi) is 2.64. The highest BCUT2D eigenvalue weighted by molar-refractivity contribution is 5.86. The van der Waals surface area contributed by atoms with Gasteiger partial charge in [0, 0.05) is 17.2 Å². The fourth-order valence-corrected chi connectivity index (χ4v) is 1.72. The van der Waals surface area contributed by atoms with Gasteiger partial charge < -0.3 is 5.11 Å². The Morgan fingerprint density at radius 1 is 1.20 bits per heavy atom. The highest BCUT2D eigenvalue weighted by Crippen LogP contribution is 2.19. The van der Waals surface area contributed by atoms with Crippen molar-refractivity contribution in [2.45, 2.75) is 26.4 Å². The molecule has 0 saturated carbocycles. The Morgan fingerprint density at radius 2 is 1.87 bits per heavy atom. The number of hydrogen-bond donors (Lipinski definition) is 1. The number of hydrogen-bond acceptors (Lipinski definition) is 3. The zero-order valence-corrected chi connectivity index (χ0v) is 8.94. The normalized spacial score (nSPS) is 13.0. The van der Waals surface area contributed by atoms with Crippen LogP contribution in [0.15, 0.2) is 24.3 Å². The van der Waals surface area contributed by atoms with Crippen LogP contribution in [-0.2, 0) is 6.42 Å². The highest BCUT2D eigenvalue weighted by atomic mass is 16.3. The first-order valence-electron chi connectivity index (χ1n) is 5.07. The van der Waals surface area contributed by atoms with Gasteiger partial charge in [0.2, 0.25) is 0 Å². The molecule has 0 fully saturated rings. The van der Waals surface area contributed by atoms with Crippen LogP contribution in [0.25, 0.3) is 10.8 Å². The molecule has 15 heavy (non-hydrogen) atoms. The molecule has 0 aliphatic rings. The molecule has 0 aliphatic carbocycles. The van der Waals surface area contributed by atoms with Crippen molar-refractivity contribution in [3.8, 4) is 0 Å². The lowest BCUT2D eigenvalue weighted by Crippen LogP contribution is -2.08. The van der Waals surface area contributed by atoms with E-state index in [1.807, 2.05) is 31.2 Å². The Morgan fingerprint density at radius 3 is 2.53 bits per heavy atom. The van der Waals surface area contributed by atoms with Gasteiger partial charge in [0.1, 0.15) is 0 Å². The Hall–Kier alpha value is -1.48. The fourth-order valence-electron chi connectivity index (χ4n) is 1.72. The summed E-state index contributed by atoms with van der Waals surface area (Å²) in [7, 11) is 0. The first-order valence-corrected chi connectivity index (χ1v) is 5.07. The van der Waals surface area contributed by atoms with E-state index in [0.717, 1.165) is 22.2 Å². The van der Waals surface area contributed by atoms with Crippen molar-refractivity contribution >= 4 is 10.8 Å². The van der Waals surface area contributed by atoms with Gasteiger partial charge in [-0.15, -0.1) is 0 Å². The molecular formula is C12H14N2O. The van der Waals surface area contributed by atoms with Crippen LogP contribution in [0.3, 0.4) is 0 Å². The van der Waals surface area contributed by atoms with Crippen molar-refractivity contribution in [2.24, 2.45) is 0 Å². The number of rotatable bonds is 2. The zero-order chi connectivity index (χ0) is 10.8. The molecule has 1 heterocycles. The smallest absolute Gasteiger partial charge is 0.0735 e. The molecule has 1 N–H and O–H groups in total. The van der Waals surface area contributed by atoms with Crippen molar-refractivity contribution in [1.82, 2.24) is 10.2 Å². The van der Waals surface area contributed by atoms with Crippen LogP contribution in [0.5, 0.6) is 0 Å². The van der Waals surface area contributed by atoms with E-state index in [2.05, 4.69) is 10.2 Å². The summed E-state index contributed by atoms with van der Waals surface area (Å²) in [6, 6.07) is 8.03. The first kappa shape index (κ1) is 10.1. The van der Waals surface area contributed by atoms with Crippen molar-refractivity contribution < 1.29 is 5.11 Å². The zero-order valence-electron chi connectivity index (χ0n) is 8.94. The lowest BCUT2D eigenvalue weighted by atomic mass is 10.1. The maximum atomic E-state index is 9.37. The summed E-state index contributed by atoms with van der Waals surface area (Å²) in [6.07, 6.45) is 0.166. The molecule has 78 valence electrons. The second-order valence-electron chi connectivity index (χ2n) is 3.83. The van der Waals surface area contributed by atoms with E-state index in [1.165, 1.54) is 0 Å². The lowest BCUT2D eigenvalue weighted by molar-refractivity contribution is 0.194. The van der Waals surface area contributed by atoms with Crippen LogP contribution in [0, 0.1) is 6.92 Å². The van der Waals surface area contributed by atoms with Gasteiger partial charge in [-0.2, -0.15) is 10.2 Å². The molecule has 3 nitrogen and oxygen atoms in total. The van der Waals surface area contributed by atoms with E-state index in [-0.39, 0.29) is 6.10 Å². The van der Waals surface area contributed by atoms with Gasteiger partial charge in [-0.3, -0.25) is 0 Å². The van der Waals surface area contributed by atoms with E-state index >= 15 is 0 Å². The van der Waals surface area contributed by atoms with Gasteiger partial charge in [0.15, 0.2) is 0 Å². The third-order valence-electron chi connectivity index (χ3n) is 2.44. The van der Waals surface area contributed by atoms with Crippen LogP contribution in [0.2, 0.25) is 0 Å². The van der Waals surface area contributed by atoms with Gasteiger partial charge in [-0.05, 0) is 13.8 Å². The van der Waals surface area contributed by atoms with Gasteiger partial charge in [-0.25, -0.2) is 0 Å². The molecule has 1 aromatic heterocycles. The SMILES string of the molecule is Cc1nnc(CC(C)O)c2ccccc12. The summed E-state index contributed by atoms with van der Waals surface area (Å²) >= 11 is 0. The van der Waals surface area contributed by atoms with Gasteiger partial charge in [0.05, 0.1) is 17.5 Å². The molecule has 0 bridgehead atoms. The number of aromatic nitrogens is 2. The highest BCUT2D eigenvalue weighted by Gasteiger charge is 2.07. The number of aryl methyl sites for hydroxylation is 1. The van der Waals surface area contributed by atoms with Gasteiger partial charge in [-0.1, -0.05) is 24.3 Å². The molecule has 0 aliphatic heterocycles. The van der Waals surface area contributed by atoms with Gasteiger partial charge in [0.25, 0.3) is 0 Å². The summed E-state index contributed by atoms with van der Waals surface area (Å²) in [5.41, 5.74) is 1.80. The van der Waals surface area contributed by atoms with Crippen LogP contribution >= 0.6 is 0 Å². The third kappa shape index (κ3) is 1.97. The number of aliphatic hydroxyl groups is 1. The van der Waals surface area contributed by atoms with Crippen LogP contribution < -0.4 is 0 Å². The number of aliphatic hydroxyl groups excluding tert-OH is 1. The van der Waals surface area contributed by atoms with E-state index in [4.69, 9.17) is 0 Å². The fraction of sp³-hybridized carbons (Fsp3) is 0.333. The Balaban J connectivity index is 2.61. The molecule has 0 radical (unpaired) electrons. The van der Waals surface area contributed by atoms with E-state index in [0.29, 0.717) is 6.42 Å². The van der Waals surface area contributed by atoms with E-state index in [1.54, 1.807) is 6.92 Å². The predicted molar refractivity (Wildman–Crippen MR) is 59.7 cm³/mol. The van der Waals surface area contributed by atoms with Crippen molar-refractivity contribution in [3.63, 3.8) is 0 Å². The molecule has 0 amide bonds. The average molecular weight is 202 g/mol. The maximum absolute atomic E-state index is 9.37. The van der Waals surface area contributed by atoms with E-state index < -0.39 is 0 Å². The van der Waals surface area contributed by atoms with Crippen LogP contribution in [0.1, 0.15) is 18.3 Å². The summed E-state index contributed by atoms with van der Waals surface area (Å²) in [5, 5.41) is 19.8. The number of fused-ring (bicyclic) bond motifs is 1. The molecule has 0 saturated heterocycles. The van der Waals surface area contributed by atoms with Crippen LogP contribution in [-0.4, -0.2) is 21.4 Å². The summed E-state index contributed by atoms with van der Waals surface area (Å²) < 4.78 is 0. The molecule has 1 atom stereocenters. The van der Waals surface area contributed by atoms with Gasteiger partial charge >= 0.3 is 0 Å². The van der Waals surface area contributed by atoms with Crippen LogP contribution in [0.4, 0.5) is 0 Å². The molecule has 2 aromatic rings. The number of benzene rings is 1. The lowest BCUT2D eigenvalue weighted by Gasteiger charge is -2.07. The maximum Gasteiger partial charge on any atom is 0.0735 e. The number of nitrogens with zero attached hydrogens (tertiary/aromatic N) is 2. The molecular weight excluding hydrogens is 188 g/mol. The minimum atomic E-state index is -0.384. The minimum Gasteiger partial charge on any atom is -0.393 e. The minimum absolute atomic E-state index is 0.384. The van der Waals surface area contributed by atoms with Crippen molar-refractivity contribution in [2.75, 3.05) is 0 Å². The second-order valence-corrected chi connectivity index (χ2v) is 3.83. The van der Waals surface area contributed by atoms with Crippen molar-refractivity contribution in [3.05, 3.63) is 35.7 Å². The summed E-state index contributed by atoms with van der Waals surface area (Å²) in [4.78, 5) is 0. The first-order chi connectivity index (χ1) is 7.18. The standard InChI is InChI=1S/C12H14N2O/c1-8(15)7-12-11-6-4-3-5-10(11)9(2)13-14-12/h3-6,8,15H,7H2,1-2H3. The van der Waals surface area contributed by atoms with Crippen molar-refractivity contribution in [1.29, 1.82) is 0 Å². The van der Waals surface area contributed by atoms with E-state index in [9.17, 15) is 5.11 Å². The molecule has 0 spiro atoms. The molecule has 3 heteroatoms. The Labute approximate surface area is 88.8 Å². The topological polar surface area (TPSA) is 46.0 Å². The second kappa shape index (κ2) is 3.95. The molecule has 2 rings (SSSR count). The molecule has 1 unspecified atom stereocenters. The molecule has 1 aromatic carbocycles. The Bertz CT molecular complexity index is 480. The summed E-state index contributed by atoms with van der Waals surface area (Å²) in [5.74, 6) is 0. The largest absolute Gasteiger partial charge is 0.393 e. The monoisotopic (exact) mass is 202 g/mol. The average Bonchev–Trinajstić information content (AvgIpc) is 2.22.